The molecule has 12 heteroatoms. The maximum absolute atomic E-state index is 16.1. The average molecular weight is 639 g/mol. The predicted octanol–water partition coefficient (Wildman–Crippen LogP) is 6.35. The molecule has 2 aromatic carbocycles. The van der Waals surface area contributed by atoms with Gasteiger partial charge in [-0.2, -0.15) is 10.2 Å². The second kappa shape index (κ2) is 11.1. The Labute approximate surface area is 266 Å². The van der Waals surface area contributed by atoms with Crippen molar-refractivity contribution in [2.45, 2.75) is 25.6 Å². The van der Waals surface area contributed by atoms with Crippen molar-refractivity contribution in [2.75, 3.05) is 19.8 Å². The van der Waals surface area contributed by atoms with Gasteiger partial charge in [0.15, 0.2) is 0 Å². The van der Waals surface area contributed by atoms with Gasteiger partial charge in [0.25, 0.3) is 0 Å². The van der Waals surface area contributed by atoms with Gasteiger partial charge in [0.05, 0.1) is 54.4 Å². The van der Waals surface area contributed by atoms with Crippen molar-refractivity contribution >= 4 is 38.2 Å². The minimum Gasteiger partial charge on any atom is -0.490 e. The molecule has 0 spiro atoms. The summed E-state index contributed by atoms with van der Waals surface area (Å²) in [5.74, 6) is -1.63. The maximum atomic E-state index is 16.1. The summed E-state index contributed by atoms with van der Waals surface area (Å²) in [6.45, 7) is 5.11. The molecule has 3 bridgehead atoms. The van der Waals surface area contributed by atoms with Gasteiger partial charge in [-0.3, -0.25) is 14.2 Å². The van der Waals surface area contributed by atoms with E-state index in [-0.39, 0.29) is 36.5 Å². The van der Waals surface area contributed by atoms with Gasteiger partial charge in [0.1, 0.15) is 35.4 Å². The van der Waals surface area contributed by atoms with E-state index < -0.39 is 11.6 Å². The number of ether oxygens (including phenoxy) is 2. The van der Waals surface area contributed by atoms with Gasteiger partial charge < -0.3 is 14.4 Å². The van der Waals surface area contributed by atoms with Crippen LogP contribution in [-0.2, 0) is 29.7 Å². The number of benzene rings is 2. The Balaban J connectivity index is 1.41. The summed E-state index contributed by atoms with van der Waals surface area (Å²) in [6.07, 6.45) is 3.70. The van der Waals surface area contributed by atoms with Crippen LogP contribution in [0.4, 0.5) is 8.78 Å². The van der Waals surface area contributed by atoms with E-state index in [1.807, 2.05) is 58.3 Å². The Morgan fingerprint density at radius 3 is 2.85 bits per heavy atom. The summed E-state index contributed by atoms with van der Waals surface area (Å²) < 4.78 is 47.0. The Morgan fingerprint density at radius 1 is 1.09 bits per heavy atom. The summed E-state index contributed by atoms with van der Waals surface area (Å²) in [4.78, 5) is 19.9. The summed E-state index contributed by atoms with van der Waals surface area (Å²) >= 11 is 1.44. The zero-order valence-corrected chi connectivity index (χ0v) is 25.7. The number of amides is 1. The normalized spacial score (nSPS) is 16.5. The molecule has 0 fully saturated rings. The molecule has 8 rings (SSSR count). The third-order valence-electron chi connectivity index (χ3n) is 8.70. The maximum Gasteiger partial charge on any atom is 0.246 e. The van der Waals surface area contributed by atoms with Crippen LogP contribution >= 0.6 is 11.3 Å². The number of aromatic nitrogens is 5. The van der Waals surface area contributed by atoms with Crippen molar-refractivity contribution in [1.29, 1.82) is 0 Å². The minimum atomic E-state index is -0.769. The van der Waals surface area contributed by atoms with Gasteiger partial charge in [-0.1, -0.05) is 12.6 Å². The van der Waals surface area contributed by atoms with Crippen LogP contribution in [0.2, 0.25) is 0 Å². The molecule has 232 valence electrons. The van der Waals surface area contributed by atoms with E-state index in [0.29, 0.717) is 48.8 Å². The Morgan fingerprint density at radius 2 is 1.98 bits per heavy atom. The quantitative estimate of drug-likeness (QED) is 0.205. The fourth-order valence-corrected chi connectivity index (χ4v) is 7.44. The van der Waals surface area contributed by atoms with Crippen molar-refractivity contribution in [3.8, 4) is 39.5 Å². The van der Waals surface area contributed by atoms with Gasteiger partial charge in [0, 0.05) is 52.4 Å². The van der Waals surface area contributed by atoms with Crippen molar-refractivity contribution in [2.24, 2.45) is 7.05 Å². The van der Waals surface area contributed by atoms with E-state index in [9.17, 15) is 9.18 Å². The molecular weight excluding hydrogens is 610 g/mol. The van der Waals surface area contributed by atoms with E-state index in [1.54, 1.807) is 4.90 Å². The first-order valence-corrected chi connectivity index (χ1v) is 15.8. The number of hydrogen-bond donors (Lipinski definition) is 0. The molecule has 0 aliphatic carbocycles. The molecule has 1 atom stereocenters. The predicted molar refractivity (Wildman–Crippen MR) is 171 cm³/mol. The van der Waals surface area contributed by atoms with Gasteiger partial charge in [-0.25, -0.2) is 13.8 Å². The van der Waals surface area contributed by atoms with Crippen LogP contribution in [0.1, 0.15) is 12.1 Å². The standard InChI is InChI=1S/C34H28F2N6O3S/c1-3-29(43)41-17-23-15-26-33-31(34-24(7-11-46-34)32(38-33)19-4-5-27-20(12-19)16-37-40(27)2)30-25(36)13-21(35)14-28(30)45-10-9-44-8-6-22(41)18-42(23)39-26/h3-5,7,11-16,22H,1,6,8-10,17-18H2,2H3. The smallest absolute Gasteiger partial charge is 0.246 e. The number of aryl methyl sites for hydroxylation is 1. The largest absolute Gasteiger partial charge is 0.490 e. The molecule has 2 aliphatic rings. The number of hydrogen-bond acceptors (Lipinski definition) is 7. The first-order valence-electron chi connectivity index (χ1n) is 14.9. The second-order valence-corrected chi connectivity index (χ2v) is 12.3. The van der Waals surface area contributed by atoms with Crippen LogP contribution in [0.3, 0.4) is 0 Å². The SMILES string of the molecule is C=CC(=O)N1Cc2cc3nn2CC1CCOCCOc1cc(F)cc(F)c1-c1c-3nc(-c2ccc3c(cnn3C)c2)c2ccsc12. The zero-order chi connectivity index (χ0) is 31.5. The Bertz CT molecular complexity index is 2190. The van der Waals surface area contributed by atoms with Crippen molar-refractivity contribution in [1.82, 2.24) is 29.4 Å². The highest BCUT2D eigenvalue weighted by molar-refractivity contribution is 7.18. The molecule has 0 N–H and O–H groups in total. The molecule has 0 radical (unpaired) electrons. The third-order valence-corrected chi connectivity index (χ3v) is 9.63. The molecule has 1 unspecified atom stereocenters. The van der Waals surface area contributed by atoms with Crippen LogP contribution in [0.5, 0.6) is 5.75 Å². The Kier molecular flexibility index (Phi) is 6.91. The van der Waals surface area contributed by atoms with Gasteiger partial charge in [0.2, 0.25) is 5.91 Å². The van der Waals surface area contributed by atoms with Crippen molar-refractivity contribution < 1.29 is 23.0 Å². The fraction of sp³-hybridized carbons (Fsp3) is 0.235. The number of carbonyl (C=O) groups excluding carboxylic acids is 1. The summed E-state index contributed by atoms with van der Waals surface area (Å²) in [7, 11) is 1.89. The lowest BCUT2D eigenvalue weighted by atomic mass is 9.96. The zero-order valence-electron chi connectivity index (χ0n) is 24.9. The molecular formula is C34H28F2N6O3S. The monoisotopic (exact) mass is 638 g/mol. The molecule has 4 aromatic heterocycles. The first-order chi connectivity index (χ1) is 22.4. The molecule has 46 heavy (non-hydrogen) atoms. The number of carbonyl (C=O) groups is 1. The van der Waals surface area contributed by atoms with Crippen molar-refractivity contribution in [3.63, 3.8) is 0 Å². The lowest BCUT2D eigenvalue weighted by Gasteiger charge is -2.35. The number of pyridine rings is 1. The van der Waals surface area contributed by atoms with E-state index >= 15 is 4.39 Å². The van der Waals surface area contributed by atoms with Crippen molar-refractivity contribution in [3.05, 3.63) is 84.0 Å². The van der Waals surface area contributed by atoms with E-state index in [4.69, 9.17) is 19.6 Å². The number of halogens is 2. The lowest BCUT2D eigenvalue weighted by Crippen LogP contribution is -2.46. The molecule has 6 heterocycles. The van der Waals surface area contributed by atoms with Crippen LogP contribution < -0.4 is 4.74 Å². The summed E-state index contributed by atoms with van der Waals surface area (Å²) in [6, 6.07) is 11.8. The fourth-order valence-electron chi connectivity index (χ4n) is 6.49. The van der Waals surface area contributed by atoms with E-state index in [2.05, 4.69) is 11.7 Å². The topological polar surface area (TPSA) is 87.3 Å². The number of rotatable bonds is 2. The van der Waals surface area contributed by atoms with E-state index in [1.165, 1.54) is 23.5 Å². The number of fused-ring (bicyclic) bond motifs is 9. The second-order valence-electron chi connectivity index (χ2n) is 11.4. The Hall–Kier alpha value is -4.94. The molecule has 0 saturated carbocycles. The van der Waals surface area contributed by atoms with Crippen LogP contribution in [0, 0.1) is 11.6 Å². The van der Waals surface area contributed by atoms with Gasteiger partial charge in [-0.05, 0) is 42.1 Å². The highest BCUT2D eigenvalue weighted by Gasteiger charge is 2.32. The van der Waals surface area contributed by atoms with Crippen LogP contribution in [0.25, 0.3) is 54.8 Å². The summed E-state index contributed by atoms with van der Waals surface area (Å²) in [5, 5.41) is 13.1. The molecule has 2 aliphatic heterocycles. The van der Waals surface area contributed by atoms with Crippen LogP contribution in [0.15, 0.2) is 66.7 Å². The van der Waals surface area contributed by atoms with Gasteiger partial charge >= 0.3 is 0 Å². The summed E-state index contributed by atoms with van der Waals surface area (Å²) in [5.41, 5.74) is 4.86. The van der Waals surface area contributed by atoms with Crippen LogP contribution in [-0.4, -0.2) is 61.2 Å². The molecule has 1 amide bonds. The highest BCUT2D eigenvalue weighted by Crippen LogP contribution is 2.47. The third kappa shape index (κ3) is 4.67. The average Bonchev–Trinajstić information content (AvgIpc) is 3.79. The first kappa shape index (κ1) is 28.5. The lowest BCUT2D eigenvalue weighted by molar-refractivity contribution is -0.130. The molecule has 0 saturated heterocycles. The highest BCUT2D eigenvalue weighted by atomic mass is 32.1. The molecule has 9 nitrogen and oxygen atoms in total. The molecule has 6 aromatic rings. The number of thiophene rings is 1. The minimum absolute atomic E-state index is 0.0608. The number of nitrogens with zero attached hydrogens (tertiary/aromatic N) is 6. The van der Waals surface area contributed by atoms with Gasteiger partial charge in [-0.15, -0.1) is 11.3 Å². The van der Waals surface area contributed by atoms with E-state index in [0.717, 1.165) is 38.3 Å².